The van der Waals surface area contributed by atoms with E-state index < -0.39 is 6.10 Å². The molecule has 0 aromatic heterocycles. The molecule has 1 aliphatic rings. The first-order valence-electron chi connectivity index (χ1n) is 10.6. The zero-order valence-electron chi connectivity index (χ0n) is 18.1. The third-order valence-corrected chi connectivity index (χ3v) is 6.73. The number of thioether (sulfide) groups is 1. The predicted octanol–water partition coefficient (Wildman–Crippen LogP) is 5.23. The number of hydrogen-bond donors (Lipinski definition) is 2. The number of aliphatic hydroxyl groups is 1. The lowest BCUT2D eigenvalue weighted by Gasteiger charge is -2.18. The van der Waals surface area contributed by atoms with E-state index in [4.69, 9.17) is 0 Å². The highest BCUT2D eigenvalue weighted by atomic mass is 32.2. The Kier molecular flexibility index (Phi) is 10.8. The normalized spacial score (nSPS) is 23.7. The first kappa shape index (κ1) is 25.1. The van der Waals surface area contributed by atoms with Crippen LogP contribution in [0.4, 0.5) is 4.39 Å². The van der Waals surface area contributed by atoms with Gasteiger partial charge in [0.05, 0.1) is 18.9 Å². The van der Waals surface area contributed by atoms with Gasteiger partial charge in [-0.3, -0.25) is 4.79 Å². The first-order valence-corrected chi connectivity index (χ1v) is 11.6. The Morgan fingerprint density at radius 3 is 2.87 bits per heavy atom. The molecule has 0 aliphatic heterocycles. The van der Waals surface area contributed by atoms with Crippen molar-refractivity contribution >= 4 is 23.4 Å². The molecule has 5 nitrogen and oxygen atoms in total. The summed E-state index contributed by atoms with van der Waals surface area (Å²) in [4.78, 5) is 11.7. The smallest absolute Gasteiger partial charge is 0.305 e. The van der Waals surface area contributed by atoms with Crippen LogP contribution in [0.2, 0.25) is 0 Å². The highest BCUT2D eigenvalue weighted by Crippen LogP contribution is 2.38. The van der Waals surface area contributed by atoms with Gasteiger partial charge in [-0.05, 0) is 49.7 Å². The minimum atomic E-state index is -0.727. The molecule has 1 aromatic rings. The van der Waals surface area contributed by atoms with E-state index in [0.29, 0.717) is 29.4 Å². The molecular weight excluding hydrogens is 417 g/mol. The van der Waals surface area contributed by atoms with Gasteiger partial charge in [0.2, 0.25) is 0 Å². The standard InChI is InChI=1S/C24H32FNO4S/c1-17-15-22(26-29)20(19(17)9-5-3-4-6-12-24(28)30-2)14-13-18(27)16-31-23-11-8-7-10-21(23)25/h3,5,7-8,10-11,13-14,17-20,27,29H,4,6,9,12,15-16H2,1-2H3/b5-3-,14-13+,26-22-/t17-,18+,19-,20?/m0/s1. The summed E-state index contributed by atoms with van der Waals surface area (Å²) >= 11 is 1.27. The number of allylic oxidation sites excluding steroid dienone is 3. The minimum Gasteiger partial charge on any atom is -0.469 e. The summed E-state index contributed by atoms with van der Waals surface area (Å²) in [6, 6.07) is 6.51. The van der Waals surface area contributed by atoms with Crippen molar-refractivity contribution in [3.8, 4) is 0 Å². The average Bonchev–Trinajstić information content (AvgIpc) is 3.08. The molecule has 4 atom stereocenters. The van der Waals surface area contributed by atoms with E-state index in [2.05, 4.69) is 29.0 Å². The lowest BCUT2D eigenvalue weighted by atomic mass is 9.86. The van der Waals surface area contributed by atoms with Crippen LogP contribution in [-0.2, 0) is 9.53 Å². The summed E-state index contributed by atoms with van der Waals surface area (Å²) in [5, 5.41) is 23.2. The van der Waals surface area contributed by atoms with E-state index >= 15 is 0 Å². The number of oxime groups is 1. The van der Waals surface area contributed by atoms with Crippen molar-refractivity contribution in [3.05, 3.63) is 54.4 Å². The molecule has 0 radical (unpaired) electrons. The lowest BCUT2D eigenvalue weighted by Crippen LogP contribution is -2.16. The summed E-state index contributed by atoms with van der Waals surface area (Å²) < 4.78 is 18.4. The van der Waals surface area contributed by atoms with Gasteiger partial charge >= 0.3 is 5.97 Å². The zero-order chi connectivity index (χ0) is 22.6. The molecule has 170 valence electrons. The maximum Gasteiger partial charge on any atom is 0.305 e. The summed E-state index contributed by atoms with van der Waals surface area (Å²) in [6.07, 6.45) is 10.6. The predicted molar refractivity (Wildman–Crippen MR) is 122 cm³/mol. The number of benzene rings is 1. The Labute approximate surface area is 188 Å². The van der Waals surface area contributed by atoms with Gasteiger partial charge in [0.25, 0.3) is 0 Å². The summed E-state index contributed by atoms with van der Waals surface area (Å²) in [5.74, 6) is 0.430. The van der Waals surface area contributed by atoms with Crippen molar-refractivity contribution in [1.82, 2.24) is 0 Å². The number of carbonyl (C=O) groups is 1. The largest absolute Gasteiger partial charge is 0.469 e. The fraction of sp³-hybridized carbons (Fsp3) is 0.500. The van der Waals surface area contributed by atoms with E-state index in [0.717, 1.165) is 25.0 Å². The Balaban J connectivity index is 1.89. The minimum absolute atomic E-state index is 0.0483. The summed E-state index contributed by atoms with van der Waals surface area (Å²) in [6.45, 7) is 2.14. The zero-order valence-corrected chi connectivity index (χ0v) is 18.9. The monoisotopic (exact) mass is 449 g/mol. The van der Waals surface area contributed by atoms with Gasteiger partial charge < -0.3 is 15.1 Å². The quantitative estimate of drug-likeness (QED) is 0.121. The van der Waals surface area contributed by atoms with Crippen LogP contribution >= 0.6 is 11.8 Å². The number of carbonyl (C=O) groups excluding carboxylic acids is 1. The lowest BCUT2D eigenvalue weighted by molar-refractivity contribution is -0.140. The Morgan fingerprint density at radius 1 is 1.39 bits per heavy atom. The third-order valence-electron chi connectivity index (χ3n) is 5.58. The molecule has 0 spiro atoms. The third kappa shape index (κ3) is 8.15. The summed E-state index contributed by atoms with van der Waals surface area (Å²) in [5.41, 5.74) is 0.724. The second-order valence-electron chi connectivity index (χ2n) is 7.83. The molecule has 1 aromatic carbocycles. The van der Waals surface area contributed by atoms with Crippen molar-refractivity contribution in [2.45, 2.75) is 50.0 Å². The van der Waals surface area contributed by atoms with Crippen LogP contribution in [0.3, 0.4) is 0 Å². The van der Waals surface area contributed by atoms with E-state index in [1.165, 1.54) is 24.9 Å². The number of esters is 1. The number of nitrogens with zero attached hydrogens (tertiary/aromatic N) is 1. The molecule has 2 N–H and O–H groups in total. The van der Waals surface area contributed by atoms with Crippen LogP contribution < -0.4 is 0 Å². The average molecular weight is 450 g/mol. The SMILES string of the molecule is COC(=O)CCC/C=C\C[C@@H]1C(/C=C/[C@@H](O)CSc2ccccc2F)/C(=N\O)C[C@@H]1C. The molecule has 0 saturated heterocycles. The van der Waals surface area contributed by atoms with Crippen LogP contribution in [0.5, 0.6) is 0 Å². The molecular formula is C24H32FNO4S. The first-order chi connectivity index (χ1) is 15.0. The number of ether oxygens (including phenoxy) is 1. The van der Waals surface area contributed by atoms with Crippen molar-refractivity contribution in [1.29, 1.82) is 0 Å². The van der Waals surface area contributed by atoms with Crippen LogP contribution in [0, 0.1) is 23.6 Å². The summed E-state index contributed by atoms with van der Waals surface area (Å²) in [7, 11) is 1.39. The second kappa shape index (κ2) is 13.3. The number of rotatable bonds is 11. The van der Waals surface area contributed by atoms with Crippen LogP contribution in [0.15, 0.2) is 58.6 Å². The molecule has 1 saturated carbocycles. The van der Waals surface area contributed by atoms with Crippen LogP contribution in [0.1, 0.15) is 39.0 Å². The van der Waals surface area contributed by atoms with Gasteiger partial charge in [-0.25, -0.2) is 4.39 Å². The van der Waals surface area contributed by atoms with E-state index in [9.17, 15) is 19.5 Å². The highest BCUT2D eigenvalue weighted by Gasteiger charge is 2.36. The van der Waals surface area contributed by atoms with Crippen molar-refractivity contribution in [2.75, 3.05) is 12.9 Å². The number of halogens is 1. The van der Waals surface area contributed by atoms with E-state index in [1.807, 2.05) is 6.08 Å². The van der Waals surface area contributed by atoms with Gasteiger partial charge in [-0.2, -0.15) is 0 Å². The van der Waals surface area contributed by atoms with Crippen LogP contribution in [0.25, 0.3) is 0 Å². The second-order valence-corrected chi connectivity index (χ2v) is 8.89. The molecule has 31 heavy (non-hydrogen) atoms. The molecule has 1 unspecified atom stereocenters. The number of hydrogen-bond acceptors (Lipinski definition) is 6. The maximum atomic E-state index is 13.7. The molecule has 1 fully saturated rings. The fourth-order valence-electron chi connectivity index (χ4n) is 3.84. The Bertz CT molecular complexity index is 796. The van der Waals surface area contributed by atoms with Gasteiger partial charge in [0, 0.05) is 23.0 Å². The van der Waals surface area contributed by atoms with Crippen molar-refractivity contribution < 1.29 is 24.2 Å². The maximum absolute atomic E-state index is 13.7. The van der Waals surface area contributed by atoms with Crippen molar-refractivity contribution in [2.24, 2.45) is 22.9 Å². The molecule has 0 amide bonds. The van der Waals surface area contributed by atoms with Gasteiger partial charge in [-0.15, -0.1) is 11.8 Å². The molecule has 1 aliphatic carbocycles. The highest BCUT2D eigenvalue weighted by molar-refractivity contribution is 7.99. The fourth-order valence-corrected chi connectivity index (χ4v) is 4.68. The number of unbranched alkanes of at least 4 members (excludes halogenated alkanes) is 1. The molecule has 0 bridgehead atoms. The Morgan fingerprint density at radius 2 is 2.16 bits per heavy atom. The van der Waals surface area contributed by atoms with Crippen molar-refractivity contribution in [3.63, 3.8) is 0 Å². The number of aliphatic hydroxyl groups excluding tert-OH is 1. The molecule has 0 heterocycles. The topological polar surface area (TPSA) is 79.1 Å². The van der Waals surface area contributed by atoms with E-state index in [1.54, 1.807) is 24.3 Å². The van der Waals surface area contributed by atoms with Gasteiger partial charge in [0.15, 0.2) is 0 Å². The van der Waals surface area contributed by atoms with Gasteiger partial charge in [0.1, 0.15) is 5.82 Å². The number of methoxy groups -OCH3 is 1. The van der Waals surface area contributed by atoms with Gasteiger partial charge in [-0.1, -0.05) is 48.5 Å². The molecule has 2 rings (SSSR count). The molecule has 7 heteroatoms. The van der Waals surface area contributed by atoms with Crippen LogP contribution in [-0.4, -0.2) is 41.0 Å². The van der Waals surface area contributed by atoms with E-state index in [-0.39, 0.29) is 23.6 Å². The Hall–Kier alpha value is -2.12.